The first kappa shape index (κ1) is 68.4. The predicted molar refractivity (Wildman–Crippen MR) is 307 cm³/mol. The third-order valence-corrected chi connectivity index (χ3v) is 13.8. The Morgan fingerprint density at radius 3 is 0.831 bits per heavy atom. The second kappa shape index (κ2) is 59.9. The van der Waals surface area contributed by atoms with Gasteiger partial charge in [-0.1, -0.05) is 256 Å². The molecule has 0 N–H and O–H groups in total. The van der Waals surface area contributed by atoms with Crippen LogP contribution in [0.2, 0.25) is 0 Å². The van der Waals surface area contributed by atoms with Gasteiger partial charge in [-0.3, -0.25) is 14.4 Å². The molecule has 0 radical (unpaired) electrons. The van der Waals surface area contributed by atoms with Crippen molar-refractivity contribution in [3.05, 3.63) is 48.6 Å². The van der Waals surface area contributed by atoms with Gasteiger partial charge in [-0.05, 0) is 103 Å². The summed E-state index contributed by atoms with van der Waals surface area (Å²) in [5.74, 6) is -0.872. The summed E-state index contributed by atoms with van der Waals surface area (Å²) in [6.07, 6.45) is 73.9. The lowest BCUT2D eigenvalue weighted by atomic mass is 10.0. The Labute approximate surface area is 441 Å². The van der Waals surface area contributed by atoms with Gasteiger partial charge in [0, 0.05) is 19.3 Å². The van der Waals surface area contributed by atoms with E-state index >= 15 is 0 Å². The average Bonchev–Trinajstić information content (AvgIpc) is 3.37. The van der Waals surface area contributed by atoms with Crippen LogP contribution in [0.25, 0.3) is 0 Å². The fourth-order valence-electron chi connectivity index (χ4n) is 9.05. The Morgan fingerprint density at radius 1 is 0.282 bits per heavy atom. The minimum atomic E-state index is -0.778. The lowest BCUT2D eigenvalue weighted by molar-refractivity contribution is -0.167. The first-order chi connectivity index (χ1) is 35.0. The van der Waals surface area contributed by atoms with Crippen LogP contribution in [0.1, 0.15) is 329 Å². The summed E-state index contributed by atoms with van der Waals surface area (Å²) in [7, 11) is 0. The lowest BCUT2D eigenvalue weighted by Gasteiger charge is -2.18. The lowest BCUT2D eigenvalue weighted by Crippen LogP contribution is -2.30. The molecule has 6 nitrogen and oxygen atoms in total. The van der Waals surface area contributed by atoms with Crippen molar-refractivity contribution in [1.29, 1.82) is 0 Å². The van der Waals surface area contributed by atoms with Crippen LogP contribution in [0, 0.1) is 0 Å². The number of carbonyl (C=O) groups excluding carboxylic acids is 3. The first-order valence-corrected chi connectivity index (χ1v) is 31.1. The first-order valence-electron chi connectivity index (χ1n) is 31.1. The second-order valence-electron chi connectivity index (χ2n) is 21.0. The molecule has 0 spiro atoms. The van der Waals surface area contributed by atoms with Crippen molar-refractivity contribution in [2.45, 2.75) is 335 Å². The summed E-state index contributed by atoms with van der Waals surface area (Å²) < 4.78 is 16.9. The van der Waals surface area contributed by atoms with E-state index < -0.39 is 6.10 Å². The maximum Gasteiger partial charge on any atom is 0.306 e. The molecule has 0 rings (SSSR count). The van der Waals surface area contributed by atoms with E-state index in [4.69, 9.17) is 14.2 Å². The van der Waals surface area contributed by atoms with Crippen LogP contribution in [0.15, 0.2) is 48.6 Å². The summed E-state index contributed by atoms with van der Waals surface area (Å²) in [6.45, 7) is 6.63. The molecule has 0 aliphatic carbocycles. The molecule has 0 aromatic heterocycles. The van der Waals surface area contributed by atoms with Gasteiger partial charge in [0.15, 0.2) is 6.10 Å². The molecule has 0 aliphatic rings. The number of unbranched alkanes of at least 4 members (excludes halogenated alkanes) is 38. The number of allylic oxidation sites excluding steroid dienone is 8. The monoisotopic (exact) mass is 995 g/mol. The van der Waals surface area contributed by atoms with Gasteiger partial charge in [-0.15, -0.1) is 0 Å². The third kappa shape index (κ3) is 58.1. The topological polar surface area (TPSA) is 78.9 Å². The van der Waals surface area contributed by atoms with Crippen LogP contribution in [0.4, 0.5) is 0 Å². The van der Waals surface area contributed by atoms with Crippen molar-refractivity contribution >= 4 is 17.9 Å². The molecule has 0 heterocycles. The van der Waals surface area contributed by atoms with Crippen LogP contribution < -0.4 is 0 Å². The number of hydrogen-bond acceptors (Lipinski definition) is 6. The molecule has 0 aliphatic heterocycles. The average molecular weight is 996 g/mol. The van der Waals surface area contributed by atoms with Crippen LogP contribution in [-0.4, -0.2) is 37.2 Å². The van der Waals surface area contributed by atoms with Gasteiger partial charge in [0.25, 0.3) is 0 Å². The summed E-state index contributed by atoms with van der Waals surface area (Å²) >= 11 is 0. The van der Waals surface area contributed by atoms with E-state index in [-0.39, 0.29) is 31.1 Å². The summed E-state index contributed by atoms with van der Waals surface area (Å²) in [5.41, 5.74) is 0. The van der Waals surface area contributed by atoms with Crippen LogP contribution in [-0.2, 0) is 28.6 Å². The number of rotatable bonds is 57. The van der Waals surface area contributed by atoms with Gasteiger partial charge >= 0.3 is 17.9 Å². The van der Waals surface area contributed by atoms with Crippen LogP contribution >= 0.6 is 0 Å². The molecule has 0 bridgehead atoms. The van der Waals surface area contributed by atoms with Crippen LogP contribution in [0.5, 0.6) is 0 Å². The molecule has 0 amide bonds. The Balaban J connectivity index is 4.32. The van der Waals surface area contributed by atoms with Crippen molar-refractivity contribution in [2.24, 2.45) is 0 Å². The van der Waals surface area contributed by atoms with E-state index in [0.717, 1.165) is 70.6 Å². The molecule has 0 unspecified atom stereocenters. The third-order valence-electron chi connectivity index (χ3n) is 13.8. The Morgan fingerprint density at radius 2 is 0.507 bits per heavy atom. The van der Waals surface area contributed by atoms with Gasteiger partial charge in [0.1, 0.15) is 13.2 Å². The fraction of sp³-hybridized carbons (Fsp3) is 0.831. The SMILES string of the molecule is CCCCC/C=C\C/C=C\CCCCCCCCCCCC(=O)OC[C@H](COC(=O)CCCCCCC/C=C\CCCCCC)OC(=O)CCCCCCCCCCCCC/C=C\CCCCCCCC. The number of hydrogen-bond donors (Lipinski definition) is 0. The Bertz CT molecular complexity index is 1230. The van der Waals surface area contributed by atoms with E-state index in [2.05, 4.69) is 69.4 Å². The van der Waals surface area contributed by atoms with E-state index in [1.807, 2.05) is 0 Å². The smallest absolute Gasteiger partial charge is 0.306 e. The van der Waals surface area contributed by atoms with Crippen molar-refractivity contribution in [3.8, 4) is 0 Å². The summed E-state index contributed by atoms with van der Waals surface area (Å²) in [4.78, 5) is 38.2. The highest BCUT2D eigenvalue weighted by Crippen LogP contribution is 2.16. The zero-order chi connectivity index (χ0) is 51.4. The molecule has 6 heteroatoms. The maximum atomic E-state index is 12.9. The highest BCUT2D eigenvalue weighted by atomic mass is 16.6. The molecular formula is C65H118O6. The van der Waals surface area contributed by atoms with E-state index in [1.165, 1.54) is 218 Å². The molecule has 71 heavy (non-hydrogen) atoms. The second-order valence-corrected chi connectivity index (χ2v) is 21.0. The Kier molecular flexibility index (Phi) is 57.7. The Hall–Kier alpha value is -2.63. The largest absolute Gasteiger partial charge is 0.462 e. The minimum absolute atomic E-state index is 0.0760. The molecule has 0 saturated heterocycles. The van der Waals surface area contributed by atoms with Gasteiger partial charge in [-0.2, -0.15) is 0 Å². The molecule has 0 aromatic carbocycles. The van der Waals surface area contributed by atoms with Crippen molar-refractivity contribution in [1.82, 2.24) is 0 Å². The van der Waals surface area contributed by atoms with Gasteiger partial charge in [-0.25, -0.2) is 0 Å². The predicted octanol–water partition coefficient (Wildman–Crippen LogP) is 21.0. The standard InChI is InChI=1S/C65H118O6/c1-4-7-10-13-16-19-22-25-27-29-31-32-34-36-38-41-44-47-50-53-56-59-65(68)71-62(60-69-63(66)57-54-51-48-45-42-39-24-21-18-15-12-9-6-3)61-70-64(67)58-55-52-49-46-43-40-37-35-33-30-28-26-23-20-17-14-11-8-5-2/h17,20-21,24-28,62H,4-16,18-19,22-23,29-61H2,1-3H3/b20-17-,24-21-,27-25-,28-26-/t62-/m0/s1. The van der Waals surface area contributed by atoms with Gasteiger partial charge in [0.2, 0.25) is 0 Å². The molecule has 414 valence electrons. The van der Waals surface area contributed by atoms with E-state index in [0.29, 0.717) is 19.3 Å². The molecule has 0 saturated carbocycles. The molecular weight excluding hydrogens is 877 g/mol. The fourth-order valence-corrected chi connectivity index (χ4v) is 9.05. The molecule has 0 fully saturated rings. The van der Waals surface area contributed by atoms with Gasteiger partial charge in [0.05, 0.1) is 0 Å². The van der Waals surface area contributed by atoms with Crippen LogP contribution in [0.3, 0.4) is 0 Å². The highest BCUT2D eigenvalue weighted by molar-refractivity contribution is 5.71. The summed E-state index contributed by atoms with van der Waals surface area (Å²) in [6, 6.07) is 0. The van der Waals surface area contributed by atoms with E-state index in [9.17, 15) is 14.4 Å². The zero-order valence-electron chi connectivity index (χ0n) is 47.5. The van der Waals surface area contributed by atoms with Gasteiger partial charge < -0.3 is 14.2 Å². The summed E-state index contributed by atoms with van der Waals surface area (Å²) in [5, 5.41) is 0. The molecule has 0 aromatic rings. The zero-order valence-corrected chi connectivity index (χ0v) is 47.5. The van der Waals surface area contributed by atoms with Crippen molar-refractivity contribution in [3.63, 3.8) is 0 Å². The van der Waals surface area contributed by atoms with Crippen molar-refractivity contribution < 1.29 is 28.6 Å². The van der Waals surface area contributed by atoms with E-state index in [1.54, 1.807) is 0 Å². The molecule has 1 atom stereocenters. The number of esters is 3. The van der Waals surface area contributed by atoms with Crippen molar-refractivity contribution in [2.75, 3.05) is 13.2 Å². The normalized spacial score (nSPS) is 12.3. The number of ether oxygens (including phenoxy) is 3. The maximum absolute atomic E-state index is 12.9. The number of carbonyl (C=O) groups is 3. The quantitative estimate of drug-likeness (QED) is 0.0261. The highest BCUT2D eigenvalue weighted by Gasteiger charge is 2.19. The minimum Gasteiger partial charge on any atom is -0.462 e.